The maximum absolute atomic E-state index is 5.87. The molecule has 1 N–H and O–H groups in total. The van der Waals surface area contributed by atoms with Crippen LogP contribution in [0.15, 0.2) is 24.3 Å². The van der Waals surface area contributed by atoms with E-state index in [1.807, 2.05) is 31.3 Å². The van der Waals surface area contributed by atoms with Crippen LogP contribution in [0.2, 0.25) is 0 Å². The number of benzene rings is 1. The van der Waals surface area contributed by atoms with Crippen LogP contribution in [0.25, 0.3) is 0 Å². The van der Waals surface area contributed by atoms with Gasteiger partial charge in [0, 0.05) is 12.1 Å². The maximum atomic E-state index is 5.87. The van der Waals surface area contributed by atoms with Crippen LogP contribution in [0.5, 0.6) is 11.5 Å². The number of nitrogens with one attached hydrogen (secondary N) is 1. The summed E-state index contributed by atoms with van der Waals surface area (Å²) >= 11 is 0. The molecule has 1 unspecified atom stereocenters. The predicted octanol–water partition coefficient (Wildman–Crippen LogP) is 2.85. The lowest BCUT2D eigenvalue weighted by Crippen LogP contribution is -2.37. The van der Waals surface area contributed by atoms with Gasteiger partial charge in [-0.3, -0.25) is 0 Å². The molecular formula is C15H23NO2. The van der Waals surface area contributed by atoms with E-state index in [0.717, 1.165) is 24.0 Å². The molecule has 1 aromatic carbocycles. The molecule has 100 valence electrons. The Labute approximate surface area is 109 Å². The number of ether oxygens (including phenoxy) is 2. The third kappa shape index (κ3) is 3.39. The molecule has 1 aromatic rings. The van der Waals surface area contributed by atoms with E-state index in [1.165, 1.54) is 25.7 Å². The Morgan fingerprint density at radius 2 is 2.00 bits per heavy atom. The molecule has 0 aromatic heterocycles. The van der Waals surface area contributed by atoms with E-state index in [-0.39, 0.29) is 0 Å². The molecule has 0 aliphatic heterocycles. The molecule has 18 heavy (non-hydrogen) atoms. The van der Waals surface area contributed by atoms with Crippen LogP contribution in [0.4, 0.5) is 0 Å². The summed E-state index contributed by atoms with van der Waals surface area (Å²) in [7, 11) is 3.70. The van der Waals surface area contributed by atoms with Gasteiger partial charge in [-0.15, -0.1) is 0 Å². The highest BCUT2D eigenvalue weighted by atomic mass is 16.5. The molecule has 1 aliphatic rings. The summed E-state index contributed by atoms with van der Waals surface area (Å²) in [5.41, 5.74) is 0. The van der Waals surface area contributed by atoms with Crippen molar-refractivity contribution >= 4 is 0 Å². The summed E-state index contributed by atoms with van der Waals surface area (Å²) in [4.78, 5) is 0. The second-order valence-corrected chi connectivity index (χ2v) is 4.93. The van der Waals surface area contributed by atoms with Crippen molar-refractivity contribution in [1.82, 2.24) is 5.32 Å². The molecule has 3 heteroatoms. The first kappa shape index (κ1) is 13.2. The van der Waals surface area contributed by atoms with Gasteiger partial charge >= 0.3 is 0 Å². The Balaban J connectivity index is 1.88. The Kier molecular flexibility index (Phi) is 4.88. The third-order valence-corrected chi connectivity index (χ3v) is 3.81. The molecule has 2 rings (SSSR count). The normalized spacial score (nSPS) is 17.7. The highest BCUT2D eigenvalue weighted by molar-refractivity contribution is 5.32. The fourth-order valence-electron chi connectivity index (χ4n) is 2.69. The SMILES string of the molecule is CNC(COc1cccc(OC)c1)C1CCCC1. The van der Waals surface area contributed by atoms with Gasteiger partial charge in [0.2, 0.25) is 0 Å². The molecule has 1 aliphatic carbocycles. The molecule has 1 saturated carbocycles. The third-order valence-electron chi connectivity index (χ3n) is 3.81. The van der Waals surface area contributed by atoms with Crippen LogP contribution in [0.1, 0.15) is 25.7 Å². The van der Waals surface area contributed by atoms with Crippen molar-refractivity contribution in [3.05, 3.63) is 24.3 Å². The highest BCUT2D eigenvalue weighted by Crippen LogP contribution is 2.28. The summed E-state index contributed by atoms with van der Waals surface area (Å²) in [5.74, 6) is 2.49. The van der Waals surface area contributed by atoms with Gasteiger partial charge < -0.3 is 14.8 Å². The van der Waals surface area contributed by atoms with Crippen LogP contribution in [0.3, 0.4) is 0 Å². The zero-order valence-corrected chi connectivity index (χ0v) is 11.3. The van der Waals surface area contributed by atoms with Gasteiger partial charge in [0.05, 0.1) is 7.11 Å². The van der Waals surface area contributed by atoms with Crippen molar-refractivity contribution in [2.75, 3.05) is 20.8 Å². The number of rotatable bonds is 6. The lowest BCUT2D eigenvalue weighted by Gasteiger charge is -2.23. The van der Waals surface area contributed by atoms with E-state index in [4.69, 9.17) is 9.47 Å². The topological polar surface area (TPSA) is 30.5 Å². The fraction of sp³-hybridized carbons (Fsp3) is 0.600. The molecule has 1 fully saturated rings. The minimum Gasteiger partial charge on any atom is -0.497 e. The second kappa shape index (κ2) is 6.64. The van der Waals surface area contributed by atoms with Crippen LogP contribution in [-0.2, 0) is 0 Å². The van der Waals surface area contributed by atoms with E-state index in [9.17, 15) is 0 Å². The van der Waals surface area contributed by atoms with E-state index in [0.29, 0.717) is 6.04 Å². The predicted molar refractivity (Wildman–Crippen MR) is 73.3 cm³/mol. The molecule has 0 spiro atoms. The lowest BCUT2D eigenvalue weighted by molar-refractivity contribution is 0.224. The zero-order valence-electron chi connectivity index (χ0n) is 11.3. The van der Waals surface area contributed by atoms with E-state index in [1.54, 1.807) is 7.11 Å². The molecule has 0 radical (unpaired) electrons. The van der Waals surface area contributed by atoms with E-state index < -0.39 is 0 Å². The van der Waals surface area contributed by atoms with Crippen molar-refractivity contribution in [2.45, 2.75) is 31.7 Å². The maximum Gasteiger partial charge on any atom is 0.123 e. The largest absolute Gasteiger partial charge is 0.497 e. The summed E-state index contributed by atoms with van der Waals surface area (Å²) < 4.78 is 11.1. The number of hydrogen-bond donors (Lipinski definition) is 1. The average molecular weight is 249 g/mol. The van der Waals surface area contributed by atoms with Crippen molar-refractivity contribution in [2.24, 2.45) is 5.92 Å². The van der Waals surface area contributed by atoms with Gasteiger partial charge in [-0.1, -0.05) is 18.9 Å². The smallest absolute Gasteiger partial charge is 0.123 e. The monoisotopic (exact) mass is 249 g/mol. The molecule has 0 bridgehead atoms. The molecule has 0 amide bonds. The number of likely N-dealkylation sites (N-methyl/N-ethyl adjacent to an activating group) is 1. The first-order chi connectivity index (χ1) is 8.83. The molecular weight excluding hydrogens is 226 g/mol. The molecule has 0 saturated heterocycles. The Morgan fingerprint density at radius 1 is 1.28 bits per heavy atom. The molecule has 1 atom stereocenters. The lowest BCUT2D eigenvalue weighted by atomic mass is 9.99. The van der Waals surface area contributed by atoms with Gasteiger partial charge in [-0.05, 0) is 37.9 Å². The van der Waals surface area contributed by atoms with Crippen molar-refractivity contribution < 1.29 is 9.47 Å². The summed E-state index contributed by atoms with van der Waals surface area (Å²) in [5, 5.41) is 3.39. The van der Waals surface area contributed by atoms with E-state index in [2.05, 4.69) is 5.32 Å². The Hall–Kier alpha value is -1.22. The summed E-state index contributed by atoms with van der Waals surface area (Å²) in [6.07, 6.45) is 5.38. The second-order valence-electron chi connectivity index (χ2n) is 4.93. The van der Waals surface area contributed by atoms with Crippen LogP contribution < -0.4 is 14.8 Å². The molecule has 0 heterocycles. The average Bonchev–Trinajstić information content (AvgIpc) is 2.94. The summed E-state index contributed by atoms with van der Waals surface area (Å²) in [6.45, 7) is 0.730. The van der Waals surface area contributed by atoms with Crippen molar-refractivity contribution in [3.63, 3.8) is 0 Å². The minimum absolute atomic E-state index is 0.457. The molecule has 3 nitrogen and oxygen atoms in total. The van der Waals surface area contributed by atoms with Crippen LogP contribution in [-0.4, -0.2) is 26.8 Å². The Bertz CT molecular complexity index is 361. The van der Waals surface area contributed by atoms with Gasteiger partial charge in [-0.2, -0.15) is 0 Å². The van der Waals surface area contributed by atoms with Gasteiger partial charge in [0.25, 0.3) is 0 Å². The van der Waals surface area contributed by atoms with Crippen LogP contribution in [0, 0.1) is 5.92 Å². The van der Waals surface area contributed by atoms with Crippen molar-refractivity contribution in [1.29, 1.82) is 0 Å². The fourth-order valence-corrected chi connectivity index (χ4v) is 2.69. The Morgan fingerprint density at radius 3 is 2.67 bits per heavy atom. The minimum atomic E-state index is 0.457. The highest BCUT2D eigenvalue weighted by Gasteiger charge is 2.24. The van der Waals surface area contributed by atoms with Gasteiger partial charge in [0.15, 0.2) is 0 Å². The number of methoxy groups -OCH3 is 1. The standard InChI is InChI=1S/C15H23NO2/c1-16-15(12-6-3-4-7-12)11-18-14-9-5-8-13(10-14)17-2/h5,8-10,12,15-16H,3-4,6-7,11H2,1-2H3. The van der Waals surface area contributed by atoms with Crippen LogP contribution >= 0.6 is 0 Å². The van der Waals surface area contributed by atoms with Gasteiger partial charge in [0.1, 0.15) is 18.1 Å². The first-order valence-electron chi connectivity index (χ1n) is 6.77. The first-order valence-corrected chi connectivity index (χ1v) is 6.77. The van der Waals surface area contributed by atoms with E-state index >= 15 is 0 Å². The zero-order chi connectivity index (χ0) is 12.8. The van der Waals surface area contributed by atoms with Crippen molar-refractivity contribution in [3.8, 4) is 11.5 Å². The number of hydrogen-bond acceptors (Lipinski definition) is 3. The summed E-state index contributed by atoms with van der Waals surface area (Å²) in [6, 6.07) is 8.25. The quantitative estimate of drug-likeness (QED) is 0.841. The van der Waals surface area contributed by atoms with Gasteiger partial charge in [-0.25, -0.2) is 0 Å².